The van der Waals surface area contributed by atoms with Crippen LogP contribution in [0.5, 0.6) is 0 Å². The molecule has 0 spiro atoms. The van der Waals surface area contributed by atoms with E-state index in [1.165, 1.54) is 0 Å². The monoisotopic (exact) mass is 173 g/mol. The molecule has 2 N–H and O–H groups in total. The van der Waals surface area contributed by atoms with E-state index in [0.717, 1.165) is 19.4 Å². The van der Waals surface area contributed by atoms with Crippen LogP contribution in [0.2, 0.25) is 0 Å². The minimum Gasteiger partial charge on any atom is -0.379 e. The molecule has 2 atom stereocenters. The highest BCUT2D eigenvalue weighted by Crippen LogP contribution is 2.11. The third-order valence-corrected chi connectivity index (χ3v) is 2.21. The fourth-order valence-electron chi connectivity index (χ4n) is 1.29. The van der Waals surface area contributed by atoms with Gasteiger partial charge in [0.05, 0.1) is 6.10 Å². The van der Waals surface area contributed by atoms with Crippen LogP contribution >= 0.6 is 0 Å². The Labute approximate surface area is 76.5 Å². The van der Waals surface area contributed by atoms with Gasteiger partial charge < -0.3 is 10.5 Å². The van der Waals surface area contributed by atoms with Crippen molar-refractivity contribution in [1.82, 2.24) is 0 Å². The first-order valence-electron chi connectivity index (χ1n) is 4.95. The van der Waals surface area contributed by atoms with E-state index < -0.39 is 0 Å². The molecule has 0 aromatic carbocycles. The van der Waals surface area contributed by atoms with Gasteiger partial charge in [-0.1, -0.05) is 13.3 Å². The Hall–Kier alpha value is -0.0800. The van der Waals surface area contributed by atoms with Crippen LogP contribution in [0, 0.1) is 5.92 Å². The van der Waals surface area contributed by atoms with E-state index in [9.17, 15) is 0 Å². The van der Waals surface area contributed by atoms with Crippen molar-refractivity contribution in [3.63, 3.8) is 0 Å². The Balaban J connectivity index is 3.45. The lowest BCUT2D eigenvalue weighted by atomic mass is 9.96. The molecule has 2 heteroatoms. The SMILES string of the molecule is CCC(CCOC(C)C)C(C)N. The second-order valence-corrected chi connectivity index (χ2v) is 3.74. The van der Waals surface area contributed by atoms with Crippen molar-refractivity contribution in [2.75, 3.05) is 6.61 Å². The highest BCUT2D eigenvalue weighted by Gasteiger charge is 2.10. The molecule has 0 heterocycles. The maximum Gasteiger partial charge on any atom is 0.0518 e. The Morgan fingerprint density at radius 1 is 1.25 bits per heavy atom. The van der Waals surface area contributed by atoms with Gasteiger partial charge in [-0.2, -0.15) is 0 Å². The zero-order valence-corrected chi connectivity index (χ0v) is 8.84. The molecule has 0 aliphatic heterocycles. The van der Waals surface area contributed by atoms with E-state index >= 15 is 0 Å². The summed E-state index contributed by atoms with van der Waals surface area (Å²) in [6.45, 7) is 9.23. The van der Waals surface area contributed by atoms with E-state index in [0.29, 0.717) is 18.1 Å². The van der Waals surface area contributed by atoms with Crippen LogP contribution in [0.3, 0.4) is 0 Å². The molecule has 0 rings (SSSR count). The Kier molecular flexibility index (Phi) is 6.39. The van der Waals surface area contributed by atoms with Gasteiger partial charge in [0.25, 0.3) is 0 Å². The van der Waals surface area contributed by atoms with Gasteiger partial charge in [-0.3, -0.25) is 0 Å². The van der Waals surface area contributed by atoms with Crippen molar-refractivity contribution < 1.29 is 4.74 Å². The van der Waals surface area contributed by atoms with Gasteiger partial charge in [0.1, 0.15) is 0 Å². The quantitative estimate of drug-likeness (QED) is 0.668. The summed E-state index contributed by atoms with van der Waals surface area (Å²) in [5.74, 6) is 0.615. The third-order valence-electron chi connectivity index (χ3n) is 2.21. The Morgan fingerprint density at radius 3 is 2.17 bits per heavy atom. The van der Waals surface area contributed by atoms with E-state index in [1.54, 1.807) is 0 Å². The summed E-state index contributed by atoms with van der Waals surface area (Å²) in [6.07, 6.45) is 2.58. The standard InChI is InChI=1S/C10H23NO/c1-5-10(9(4)11)6-7-12-8(2)3/h8-10H,5-7,11H2,1-4H3. The van der Waals surface area contributed by atoms with Gasteiger partial charge in [0, 0.05) is 12.6 Å². The van der Waals surface area contributed by atoms with Gasteiger partial charge in [0.2, 0.25) is 0 Å². The molecule has 0 aromatic heterocycles. The average Bonchev–Trinajstić information content (AvgIpc) is 1.96. The molecule has 0 radical (unpaired) electrons. The van der Waals surface area contributed by atoms with E-state index in [2.05, 4.69) is 27.7 Å². The smallest absolute Gasteiger partial charge is 0.0518 e. The number of ether oxygens (including phenoxy) is 1. The van der Waals surface area contributed by atoms with Crippen molar-refractivity contribution in [3.8, 4) is 0 Å². The minimum absolute atomic E-state index is 0.297. The van der Waals surface area contributed by atoms with Gasteiger partial charge in [0.15, 0.2) is 0 Å². The predicted octanol–water partition coefficient (Wildman–Crippen LogP) is 2.17. The van der Waals surface area contributed by atoms with Crippen LogP contribution in [0.4, 0.5) is 0 Å². The number of rotatable bonds is 6. The van der Waals surface area contributed by atoms with Crippen LogP contribution in [-0.4, -0.2) is 18.8 Å². The fraction of sp³-hybridized carbons (Fsp3) is 1.00. The van der Waals surface area contributed by atoms with Gasteiger partial charge in [-0.15, -0.1) is 0 Å². The van der Waals surface area contributed by atoms with Crippen molar-refractivity contribution >= 4 is 0 Å². The van der Waals surface area contributed by atoms with Crippen LogP contribution in [-0.2, 0) is 4.74 Å². The summed E-state index contributed by atoms with van der Waals surface area (Å²) in [4.78, 5) is 0. The van der Waals surface area contributed by atoms with Gasteiger partial charge >= 0.3 is 0 Å². The first kappa shape index (κ1) is 11.9. The molecule has 2 nitrogen and oxygen atoms in total. The first-order valence-corrected chi connectivity index (χ1v) is 4.95. The molecule has 0 saturated carbocycles. The maximum absolute atomic E-state index is 5.81. The first-order chi connectivity index (χ1) is 5.57. The molecule has 0 fully saturated rings. The predicted molar refractivity (Wildman–Crippen MR) is 53.1 cm³/mol. The van der Waals surface area contributed by atoms with Crippen LogP contribution in [0.1, 0.15) is 40.5 Å². The van der Waals surface area contributed by atoms with Crippen molar-refractivity contribution in [1.29, 1.82) is 0 Å². The van der Waals surface area contributed by atoms with Gasteiger partial charge in [-0.05, 0) is 33.1 Å². The summed E-state index contributed by atoms with van der Waals surface area (Å²) < 4.78 is 5.47. The number of hydrogen-bond acceptors (Lipinski definition) is 2. The fourth-order valence-corrected chi connectivity index (χ4v) is 1.29. The van der Waals surface area contributed by atoms with Crippen LogP contribution < -0.4 is 5.73 Å². The third kappa shape index (κ3) is 5.56. The van der Waals surface area contributed by atoms with E-state index in [1.807, 2.05) is 0 Å². The Morgan fingerprint density at radius 2 is 1.83 bits per heavy atom. The largest absolute Gasteiger partial charge is 0.379 e. The highest BCUT2D eigenvalue weighted by atomic mass is 16.5. The molecular formula is C10H23NO. The lowest BCUT2D eigenvalue weighted by Crippen LogP contribution is -2.27. The van der Waals surface area contributed by atoms with Crippen LogP contribution in [0.25, 0.3) is 0 Å². The van der Waals surface area contributed by atoms with Crippen molar-refractivity contribution in [3.05, 3.63) is 0 Å². The Bertz CT molecular complexity index is 102. The summed E-state index contributed by atoms with van der Waals surface area (Å²) >= 11 is 0. The average molecular weight is 173 g/mol. The second kappa shape index (κ2) is 6.44. The molecule has 0 bridgehead atoms. The zero-order chi connectivity index (χ0) is 9.56. The van der Waals surface area contributed by atoms with Crippen LogP contribution in [0.15, 0.2) is 0 Å². The molecule has 74 valence electrons. The minimum atomic E-state index is 0.297. The van der Waals surface area contributed by atoms with Crippen molar-refractivity contribution in [2.45, 2.75) is 52.7 Å². The second-order valence-electron chi connectivity index (χ2n) is 3.74. The van der Waals surface area contributed by atoms with Crippen molar-refractivity contribution in [2.24, 2.45) is 11.7 Å². The number of nitrogens with two attached hydrogens (primary N) is 1. The number of hydrogen-bond donors (Lipinski definition) is 1. The molecular weight excluding hydrogens is 150 g/mol. The van der Waals surface area contributed by atoms with E-state index in [-0.39, 0.29) is 0 Å². The molecule has 0 amide bonds. The maximum atomic E-state index is 5.81. The van der Waals surface area contributed by atoms with Gasteiger partial charge in [-0.25, -0.2) is 0 Å². The summed E-state index contributed by atoms with van der Waals surface area (Å²) in [7, 11) is 0. The molecule has 12 heavy (non-hydrogen) atoms. The highest BCUT2D eigenvalue weighted by molar-refractivity contribution is 4.66. The molecule has 0 aliphatic rings. The zero-order valence-electron chi connectivity index (χ0n) is 8.84. The molecule has 0 aliphatic carbocycles. The topological polar surface area (TPSA) is 35.2 Å². The molecule has 0 aromatic rings. The lowest BCUT2D eigenvalue weighted by Gasteiger charge is -2.19. The van der Waals surface area contributed by atoms with E-state index in [4.69, 9.17) is 10.5 Å². The summed E-state index contributed by atoms with van der Waals surface area (Å²) in [5.41, 5.74) is 5.81. The summed E-state index contributed by atoms with van der Waals surface area (Å²) in [5, 5.41) is 0. The summed E-state index contributed by atoms with van der Waals surface area (Å²) in [6, 6.07) is 0.297. The lowest BCUT2D eigenvalue weighted by molar-refractivity contribution is 0.0661. The normalized spacial score (nSPS) is 16.5. The molecule has 0 saturated heterocycles. The molecule has 2 unspecified atom stereocenters.